The van der Waals surface area contributed by atoms with Crippen molar-refractivity contribution in [1.29, 1.82) is 0 Å². The largest absolute Gasteiger partial charge is 0.483 e. The van der Waals surface area contributed by atoms with Crippen molar-refractivity contribution in [3.63, 3.8) is 0 Å². The molecule has 2 aromatic rings. The van der Waals surface area contributed by atoms with Crippen LogP contribution in [0.4, 0.5) is 0 Å². The van der Waals surface area contributed by atoms with Gasteiger partial charge in [0.15, 0.2) is 6.61 Å². The Hall–Kier alpha value is -1.52. The number of benzene rings is 2. The van der Waals surface area contributed by atoms with E-state index in [0.29, 0.717) is 10.8 Å². The van der Waals surface area contributed by atoms with Gasteiger partial charge in [-0.2, -0.15) is 0 Å². The first-order chi connectivity index (χ1) is 10.9. The van der Waals surface area contributed by atoms with Crippen molar-refractivity contribution >= 4 is 33.4 Å². The molecular weight excluding hydrogens is 378 g/mol. The summed E-state index contributed by atoms with van der Waals surface area (Å²) in [6.07, 6.45) is 0. The zero-order valence-corrected chi connectivity index (χ0v) is 15.7. The summed E-state index contributed by atoms with van der Waals surface area (Å²) in [6, 6.07) is 11.3. The second-order valence-corrected chi connectivity index (χ2v) is 6.80. The van der Waals surface area contributed by atoms with Crippen molar-refractivity contribution in [3.8, 4) is 5.75 Å². The number of hydrogen-bond donors (Lipinski definition) is 1. The lowest BCUT2D eigenvalue weighted by Crippen LogP contribution is -2.31. The second kappa shape index (κ2) is 7.84. The third-order valence-electron chi connectivity index (χ3n) is 3.52. The molecule has 1 atom stereocenters. The predicted molar refractivity (Wildman–Crippen MR) is 97.1 cm³/mol. The van der Waals surface area contributed by atoms with Gasteiger partial charge in [0.05, 0.1) is 10.5 Å². The minimum absolute atomic E-state index is 0.0461. The average Bonchev–Trinajstić information content (AvgIpc) is 2.46. The van der Waals surface area contributed by atoms with E-state index in [1.807, 2.05) is 26.0 Å². The van der Waals surface area contributed by atoms with Gasteiger partial charge in [0.2, 0.25) is 0 Å². The number of rotatable bonds is 5. The Balaban J connectivity index is 1.93. The molecule has 5 heteroatoms. The molecule has 0 aromatic heterocycles. The molecule has 0 saturated heterocycles. The summed E-state index contributed by atoms with van der Waals surface area (Å²) in [5.41, 5.74) is 3.48. The fraction of sp³-hybridized carbons (Fsp3) is 0.278. The van der Waals surface area contributed by atoms with E-state index in [2.05, 4.69) is 34.2 Å². The van der Waals surface area contributed by atoms with E-state index in [1.165, 1.54) is 11.1 Å². The maximum Gasteiger partial charge on any atom is 0.258 e. The van der Waals surface area contributed by atoms with Gasteiger partial charge in [0.25, 0.3) is 5.91 Å². The lowest BCUT2D eigenvalue weighted by Gasteiger charge is -2.17. The Kier molecular flexibility index (Phi) is 6.08. The highest BCUT2D eigenvalue weighted by atomic mass is 79.9. The maximum atomic E-state index is 12.1. The highest BCUT2D eigenvalue weighted by Gasteiger charge is 2.13. The van der Waals surface area contributed by atoms with Crippen LogP contribution in [0, 0.1) is 13.8 Å². The first-order valence-corrected chi connectivity index (χ1v) is 8.48. The molecule has 1 amide bonds. The van der Waals surface area contributed by atoms with Crippen molar-refractivity contribution in [2.75, 3.05) is 6.61 Å². The number of ether oxygens (including phenoxy) is 1. The quantitative estimate of drug-likeness (QED) is 0.774. The van der Waals surface area contributed by atoms with Gasteiger partial charge in [-0.1, -0.05) is 35.4 Å². The van der Waals surface area contributed by atoms with Crippen molar-refractivity contribution < 1.29 is 9.53 Å². The normalized spacial score (nSPS) is 11.9. The van der Waals surface area contributed by atoms with Crippen molar-refractivity contribution in [1.82, 2.24) is 5.32 Å². The summed E-state index contributed by atoms with van der Waals surface area (Å²) in [6.45, 7) is 6.02. The van der Waals surface area contributed by atoms with Crippen LogP contribution >= 0.6 is 27.5 Å². The fourth-order valence-corrected chi connectivity index (χ4v) is 3.21. The Bertz CT molecular complexity index is 718. The van der Waals surface area contributed by atoms with Gasteiger partial charge in [0.1, 0.15) is 5.75 Å². The Morgan fingerprint density at radius 2 is 2.00 bits per heavy atom. The van der Waals surface area contributed by atoms with E-state index in [1.54, 1.807) is 18.2 Å². The van der Waals surface area contributed by atoms with Gasteiger partial charge in [0, 0.05) is 5.02 Å². The lowest BCUT2D eigenvalue weighted by molar-refractivity contribution is -0.123. The summed E-state index contributed by atoms with van der Waals surface area (Å²) in [5.74, 6) is 0.419. The van der Waals surface area contributed by atoms with Crippen molar-refractivity contribution in [3.05, 3.63) is 62.6 Å². The zero-order chi connectivity index (χ0) is 17.0. The molecule has 0 aliphatic carbocycles. The molecule has 0 radical (unpaired) electrons. The van der Waals surface area contributed by atoms with Gasteiger partial charge < -0.3 is 10.1 Å². The fourth-order valence-electron chi connectivity index (χ4n) is 2.41. The molecule has 0 heterocycles. The SMILES string of the molecule is Cc1ccc([C@H](C)NC(=O)COc2ccc(Cl)cc2Br)c(C)c1. The monoisotopic (exact) mass is 395 g/mol. The third-order valence-corrected chi connectivity index (χ3v) is 4.38. The minimum atomic E-state index is -0.167. The lowest BCUT2D eigenvalue weighted by atomic mass is 10.0. The molecule has 0 bridgehead atoms. The van der Waals surface area contributed by atoms with E-state index in [9.17, 15) is 4.79 Å². The number of hydrogen-bond acceptors (Lipinski definition) is 2. The maximum absolute atomic E-state index is 12.1. The summed E-state index contributed by atoms with van der Waals surface area (Å²) in [7, 11) is 0. The molecule has 23 heavy (non-hydrogen) atoms. The standard InChI is InChI=1S/C18H19BrClNO2/c1-11-4-6-15(12(2)8-11)13(3)21-18(22)10-23-17-7-5-14(20)9-16(17)19/h4-9,13H,10H2,1-3H3,(H,21,22)/t13-/m0/s1. The zero-order valence-electron chi connectivity index (χ0n) is 13.3. The van der Waals surface area contributed by atoms with Gasteiger partial charge in [-0.05, 0) is 66.0 Å². The van der Waals surface area contributed by atoms with Gasteiger partial charge in [-0.25, -0.2) is 0 Å². The van der Waals surface area contributed by atoms with Crippen LogP contribution in [0.2, 0.25) is 5.02 Å². The highest BCUT2D eigenvalue weighted by Crippen LogP contribution is 2.28. The molecule has 0 aliphatic heterocycles. The number of carbonyl (C=O) groups is 1. The number of halogens is 2. The van der Waals surface area contributed by atoms with Crippen molar-refractivity contribution in [2.24, 2.45) is 0 Å². The summed E-state index contributed by atoms with van der Waals surface area (Å²) < 4.78 is 6.24. The Labute approximate surface area is 150 Å². The topological polar surface area (TPSA) is 38.3 Å². The van der Waals surface area contributed by atoms with Gasteiger partial charge in [-0.3, -0.25) is 4.79 Å². The molecule has 122 valence electrons. The van der Waals surface area contributed by atoms with E-state index in [0.717, 1.165) is 10.0 Å². The third kappa shape index (κ3) is 4.98. The number of amides is 1. The molecule has 1 N–H and O–H groups in total. The van der Waals surface area contributed by atoms with Crippen LogP contribution in [0.15, 0.2) is 40.9 Å². The minimum Gasteiger partial charge on any atom is -0.483 e. The van der Waals surface area contributed by atoms with E-state index < -0.39 is 0 Å². The molecule has 0 saturated carbocycles. The first-order valence-electron chi connectivity index (χ1n) is 7.31. The highest BCUT2D eigenvalue weighted by molar-refractivity contribution is 9.10. The van der Waals surface area contributed by atoms with E-state index in [-0.39, 0.29) is 18.6 Å². The molecule has 0 aliphatic rings. The summed E-state index contributed by atoms with van der Waals surface area (Å²) >= 11 is 9.24. The van der Waals surface area contributed by atoms with E-state index >= 15 is 0 Å². The number of aryl methyl sites for hydroxylation is 2. The molecule has 0 spiro atoms. The summed E-state index contributed by atoms with van der Waals surface area (Å²) in [5, 5.41) is 3.56. The van der Waals surface area contributed by atoms with Crippen LogP contribution in [-0.4, -0.2) is 12.5 Å². The molecule has 0 unspecified atom stereocenters. The number of nitrogens with one attached hydrogen (secondary N) is 1. The summed E-state index contributed by atoms with van der Waals surface area (Å²) in [4.78, 5) is 12.1. The Morgan fingerprint density at radius 1 is 1.26 bits per heavy atom. The van der Waals surface area contributed by atoms with Crippen LogP contribution in [0.25, 0.3) is 0 Å². The van der Waals surface area contributed by atoms with Crippen LogP contribution in [0.3, 0.4) is 0 Å². The smallest absolute Gasteiger partial charge is 0.258 e. The molecular formula is C18H19BrClNO2. The number of carbonyl (C=O) groups excluding carboxylic acids is 1. The van der Waals surface area contributed by atoms with Crippen molar-refractivity contribution in [2.45, 2.75) is 26.8 Å². The molecule has 3 nitrogen and oxygen atoms in total. The van der Waals surface area contributed by atoms with E-state index in [4.69, 9.17) is 16.3 Å². The second-order valence-electron chi connectivity index (χ2n) is 5.51. The Morgan fingerprint density at radius 3 is 2.65 bits per heavy atom. The van der Waals surface area contributed by atoms with Crippen LogP contribution in [-0.2, 0) is 4.79 Å². The predicted octanol–water partition coefficient (Wildman–Crippen LogP) is 4.98. The first kappa shape index (κ1) is 17.8. The van der Waals surface area contributed by atoms with Crippen LogP contribution in [0.1, 0.15) is 29.7 Å². The average molecular weight is 397 g/mol. The van der Waals surface area contributed by atoms with Gasteiger partial charge in [-0.15, -0.1) is 0 Å². The molecule has 2 rings (SSSR count). The van der Waals surface area contributed by atoms with Gasteiger partial charge >= 0.3 is 0 Å². The van der Waals surface area contributed by atoms with Crippen LogP contribution < -0.4 is 10.1 Å². The molecule has 0 fully saturated rings. The molecule has 2 aromatic carbocycles. The van der Waals surface area contributed by atoms with Crippen LogP contribution in [0.5, 0.6) is 5.75 Å².